The van der Waals surface area contributed by atoms with Crippen molar-refractivity contribution in [1.29, 1.82) is 0 Å². The number of hydrogen-bond donors (Lipinski definition) is 2. The fraction of sp³-hybridized carbons (Fsp3) is 0.438. The summed E-state index contributed by atoms with van der Waals surface area (Å²) in [4.78, 5) is 26.1. The first-order chi connectivity index (χ1) is 11.6. The van der Waals surface area contributed by atoms with Crippen LogP contribution in [0.5, 0.6) is 0 Å². The number of aryl methyl sites for hydroxylation is 1. The van der Waals surface area contributed by atoms with Gasteiger partial charge in [-0.1, -0.05) is 6.92 Å². The number of halogens is 1. The van der Waals surface area contributed by atoms with E-state index < -0.39 is 0 Å². The summed E-state index contributed by atoms with van der Waals surface area (Å²) in [6, 6.07) is 0. The molecule has 1 amide bonds. The second-order valence-electron chi connectivity index (χ2n) is 5.60. The molecule has 0 unspecified atom stereocenters. The maximum atomic E-state index is 12.5. The largest absolute Gasteiger partial charge is 0.462 e. The minimum absolute atomic E-state index is 0.292. The lowest BCUT2D eigenvalue weighted by Gasteiger charge is -2.12. The number of carbonyl (C=O) groups is 2. The van der Waals surface area contributed by atoms with Crippen LogP contribution in [0.25, 0.3) is 0 Å². The number of H-pyrrole nitrogens is 1. The molecule has 0 aliphatic heterocycles. The van der Waals surface area contributed by atoms with E-state index in [0.717, 1.165) is 41.2 Å². The number of amides is 1. The average molecular weight is 459 g/mol. The van der Waals surface area contributed by atoms with Crippen LogP contribution in [-0.2, 0) is 17.6 Å². The third-order valence-electron chi connectivity index (χ3n) is 3.86. The van der Waals surface area contributed by atoms with Gasteiger partial charge in [0.1, 0.15) is 10.7 Å². The summed E-state index contributed by atoms with van der Waals surface area (Å²) in [7, 11) is 0. The molecule has 0 bridgehead atoms. The van der Waals surface area contributed by atoms with E-state index in [2.05, 4.69) is 15.5 Å². The van der Waals surface area contributed by atoms with Crippen LogP contribution in [0.4, 0.5) is 5.00 Å². The van der Waals surface area contributed by atoms with Gasteiger partial charge < -0.3 is 10.1 Å². The van der Waals surface area contributed by atoms with E-state index >= 15 is 0 Å². The van der Waals surface area contributed by atoms with Crippen LogP contribution >= 0.6 is 33.9 Å². The third kappa shape index (κ3) is 3.49. The molecule has 1 aliphatic carbocycles. The smallest absolute Gasteiger partial charge is 0.341 e. The van der Waals surface area contributed by atoms with Gasteiger partial charge in [0, 0.05) is 4.88 Å². The summed E-state index contributed by atoms with van der Waals surface area (Å²) in [5.41, 5.74) is 1.97. The van der Waals surface area contributed by atoms with Gasteiger partial charge in [-0.3, -0.25) is 9.89 Å². The second-order valence-corrected chi connectivity index (χ2v) is 7.87. The Hall–Kier alpha value is -1.42. The zero-order valence-electron chi connectivity index (χ0n) is 13.3. The monoisotopic (exact) mass is 459 g/mol. The molecule has 8 heteroatoms. The number of fused-ring (bicyclic) bond motifs is 1. The Labute approximate surface area is 157 Å². The molecule has 2 aromatic rings. The molecule has 6 nitrogen and oxygen atoms in total. The number of nitrogens with one attached hydrogen (secondary N) is 2. The van der Waals surface area contributed by atoms with Crippen LogP contribution in [0.15, 0.2) is 6.20 Å². The van der Waals surface area contributed by atoms with Crippen LogP contribution < -0.4 is 5.32 Å². The molecule has 2 N–H and O–H groups in total. The molecule has 2 heterocycles. The van der Waals surface area contributed by atoms with Crippen molar-refractivity contribution in [2.75, 3.05) is 11.9 Å². The first-order valence-corrected chi connectivity index (χ1v) is 9.83. The summed E-state index contributed by atoms with van der Waals surface area (Å²) < 4.78 is 6.07. The van der Waals surface area contributed by atoms with E-state index in [1.807, 2.05) is 29.5 Å². The Bertz CT molecular complexity index is 769. The lowest BCUT2D eigenvalue weighted by Crippen LogP contribution is -2.17. The van der Waals surface area contributed by atoms with E-state index in [1.165, 1.54) is 16.2 Å². The number of aromatic nitrogens is 2. The van der Waals surface area contributed by atoms with Gasteiger partial charge >= 0.3 is 5.97 Å². The Morgan fingerprint density at radius 1 is 1.42 bits per heavy atom. The van der Waals surface area contributed by atoms with Gasteiger partial charge in [-0.2, -0.15) is 5.10 Å². The first kappa shape index (κ1) is 17.4. The SMILES string of the molecule is CCCOC(=O)c1c(NC(=O)c2[nH]ncc2I)sc2c1CCCC2. The number of anilines is 1. The van der Waals surface area contributed by atoms with Crippen molar-refractivity contribution in [3.8, 4) is 0 Å². The molecule has 3 rings (SSSR count). The number of ether oxygens (including phenoxy) is 1. The van der Waals surface area contributed by atoms with Gasteiger partial charge in [-0.25, -0.2) is 4.79 Å². The molecule has 24 heavy (non-hydrogen) atoms. The van der Waals surface area contributed by atoms with Crippen molar-refractivity contribution in [3.63, 3.8) is 0 Å². The van der Waals surface area contributed by atoms with Crippen LogP contribution in [0.2, 0.25) is 0 Å². The molecule has 0 spiro atoms. The molecule has 0 saturated heterocycles. The van der Waals surface area contributed by atoms with Crippen LogP contribution in [0.1, 0.15) is 57.5 Å². The van der Waals surface area contributed by atoms with Gasteiger partial charge in [0.25, 0.3) is 5.91 Å². The van der Waals surface area contributed by atoms with Gasteiger partial charge in [-0.15, -0.1) is 11.3 Å². The van der Waals surface area contributed by atoms with Gasteiger partial charge in [0.2, 0.25) is 0 Å². The number of aromatic amines is 1. The molecule has 0 fully saturated rings. The quantitative estimate of drug-likeness (QED) is 0.527. The summed E-state index contributed by atoms with van der Waals surface area (Å²) in [5.74, 6) is -0.633. The molecule has 2 aromatic heterocycles. The van der Waals surface area contributed by atoms with Crippen molar-refractivity contribution < 1.29 is 14.3 Å². The van der Waals surface area contributed by atoms with Crippen molar-refractivity contribution >= 4 is 50.8 Å². The summed E-state index contributed by atoms with van der Waals surface area (Å²) in [5, 5.41) is 10.0. The predicted molar refractivity (Wildman–Crippen MR) is 101 cm³/mol. The van der Waals surface area contributed by atoms with Crippen LogP contribution in [-0.4, -0.2) is 28.7 Å². The standard InChI is InChI=1S/C16H18IN3O3S/c1-2-7-23-16(22)12-9-5-3-4-6-11(9)24-15(12)19-14(21)13-10(17)8-18-20-13/h8H,2-7H2,1H3,(H,18,20)(H,19,21). The lowest BCUT2D eigenvalue weighted by molar-refractivity contribution is 0.0505. The van der Waals surface area contributed by atoms with Crippen molar-refractivity contribution in [3.05, 3.63) is 31.5 Å². The minimum atomic E-state index is -0.342. The van der Waals surface area contributed by atoms with E-state index in [1.54, 1.807) is 6.20 Å². The number of thiophene rings is 1. The molecule has 0 saturated carbocycles. The van der Waals surface area contributed by atoms with E-state index in [4.69, 9.17) is 4.74 Å². The van der Waals surface area contributed by atoms with Crippen molar-refractivity contribution in [1.82, 2.24) is 10.2 Å². The van der Waals surface area contributed by atoms with Gasteiger partial charge in [-0.05, 0) is 60.3 Å². The molecular formula is C16H18IN3O3S. The molecule has 128 valence electrons. The van der Waals surface area contributed by atoms with Crippen molar-refractivity contribution in [2.24, 2.45) is 0 Å². The van der Waals surface area contributed by atoms with Crippen molar-refractivity contribution in [2.45, 2.75) is 39.0 Å². The highest BCUT2D eigenvalue weighted by molar-refractivity contribution is 14.1. The number of hydrogen-bond acceptors (Lipinski definition) is 5. The predicted octanol–water partition coefficient (Wildman–Crippen LogP) is 3.77. The Balaban J connectivity index is 1.91. The van der Waals surface area contributed by atoms with Gasteiger partial charge in [0.15, 0.2) is 0 Å². The van der Waals surface area contributed by atoms with Gasteiger partial charge in [0.05, 0.1) is 21.9 Å². The fourth-order valence-corrected chi connectivity index (χ4v) is 4.51. The zero-order valence-corrected chi connectivity index (χ0v) is 16.3. The highest BCUT2D eigenvalue weighted by Crippen LogP contribution is 2.38. The highest BCUT2D eigenvalue weighted by atomic mass is 127. The number of carbonyl (C=O) groups excluding carboxylic acids is 2. The first-order valence-electron chi connectivity index (χ1n) is 7.93. The molecule has 1 aliphatic rings. The van der Waals surface area contributed by atoms with E-state index in [-0.39, 0.29) is 11.9 Å². The number of nitrogens with zero attached hydrogens (tertiary/aromatic N) is 1. The van der Waals surface area contributed by atoms with Crippen LogP contribution in [0, 0.1) is 3.57 Å². The molecule has 0 aromatic carbocycles. The fourth-order valence-electron chi connectivity index (χ4n) is 2.73. The highest BCUT2D eigenvalue weighted by Gasteiger charge is 2.28. The second kappa shape index (κ2) is 7.64. The summed E-state index contributed by atoms with van der Waals surface area (Å²) in [6.07, 6.45) is 6.34. The zero-order chi connectivity index (χ0) is 17.1. The normalized spacial score (nSPS) is 13.4. The molecule has 0 radical (unpaired) electrons. The Kier molecular flexibility index (Phi) is 5.54. The van der Waals surface area contributed by atoms with E-state index in [0.29, 0.717) is 22.9 Å². The van der Waals surface area contributed by atoms with E-state index in [9.17, 15) is 9.59 Å². The minimum Gasteiger partial charge on any atom is -0.462 e. The number of esters is 1. The topological polar surface area (TPSA) is 84.1 Å². The Morgan fingerprint density at radius 2 is 2.21 bits per heavy atom. The maximum Gasteiger partial charge on any atom is 0.341 e. The maximum absolute atomic E-state index is 12.5. The number of rotatable bonds is 5. The summed E-state index contributed by atoms with van der Waals surface area (Å²) in [6.45, 7) is 2.34. The third-order valence-corrected chi connectivity index (χ3v) is 5.89. The lowest BCUT2D eigenvalue weighted by atomic mass is 9.95. The van der Waals surface area contributed by atoms with Crippen LogP contribution in [0.3, 0.4) is 0 Å². The average Bonchev–Trinajstić information content (AvgIpc) is 3.15. The molecular weight excluding hydrogens is 441 g/mol. The molecule has 0 atom stereocenters. The Morgan fingerprint density at radius 3 is 2.92 bits per heavy atom. The summed E-state index contributed by atoms with van der Waals surface area (Å²) >= 11 is 3.53.